The minimum Gasteiger partial charge on any atom is -0.228 e. The number of benzene rings is 1. The van der Waals surface area contributed by atoms with E-state index in [0.717, 1.165) is 18.3 Å². The van der Waals surface area contributed by atoms with Gasteiger partial charge in [-0.3, -0.25) is 0 Å². The lowest BCUT2D eigenvalue weighted by Gasteiger charge is -2.19. The molecule has 0 saturated carbocycles. The van der Waals surface area contributed by atoms with Gasteiger partial charge in [0.15, 0.2) is 0 Å². The third kappa shape index (κ3) is 3.54. The standard InChI is InChI=1S/C17H12F4N2O2S/c18-15-8-3-11(9-23-15)16-13(6-7-14(16)17(19,20)21)10-1-4-12(5-2-10)26(22,24)25/h1-9,14H,(H2,22,24,25). The van der Waals surface area contributed by atoms with Gasteiger partial charge in [0, 0.05) is 6.20 Å². The van der Waals surface area contributed by atoms with Crippen LogP contribution in [0.25, 0.3) is 11.1 Å². The van der Waals surface area contributed by atoms with Gasteiger partial charge in [-0.1, -0.05) is 24.3 Å². The first-order valence-electron chi connectivity index (χ1n) is 7.31. The van der Waals surface area contributed by atoms with Crippen molar-refractivity contribution in [2.75, 3.05) is 0 Å². The van der Waals surface area contributed by atoms with Crippen LogP contribution in [-0.2, 0) is 10.0 Å². The first-order valence-corrected chi connectivity index (χ1v) is 8.86. The number of pyridine rings is 1. The van der Waals surface area contributed by atoms with Crippen molar-refractivity contribution in [3.8, 4) is 0 Å². The molecule has 1 aromatic heterocycles. The van der Waals surface area contributed by atoms with Crippen molar-refractivity contribution in [1.29, 1.82) is 0 Å². The normalized spacial score (nSPS) is 17.8. The highest BCUT2D eigenvalue weighted by Crippen LogP contribution is 2.46. The lowest BCUT2D eigenvalue weighted by molar-refractivity contribution is -0.145. The van der Waals surface area contributed by atoms with Crippen LogP contribution in [0.2, 0.25) is 0 Å². The maximum atomic E-state index is 13.4. The second kappa shape index (κ2) is 6.33. The van der Waals surface area contributed by atoms with Gasteiger partial charge in [-0.05, 0) is 46.5 Å². The van der Waals surface area contributed by atoms with E-state index < -0.39 is 28.1 Å². The van der Waals surface area contributed by atoms with Gasteiger partial charge in [0.25, 0.3) is 0 Å². The molecule has 4 nitrogen and oxygen atoms in total. The monoisotopic (exact) mass is 384 g/mol. The SMILES string of the molecule is NS(=O)(=O)c1ccc(C2=C(c3ccc(F)nc3)C(C(F)(F)F)C=C2)cc1. The number of alkyl halides is 3. The first kappa shape index (κ1) is 18.3. The van der Waals surface area contributed by atoms with E-state index in [1.54, 1.807) is 0 Å². The van der Waals surface area contributed by atoms with Crippen molar-refractivity contribution in [3.63, 3.8) is 0 Å². The number of hydrogen-bond donors (Lipinski definition) is 1. The number of nitrogens with two attached hydrogens (primary N) is 1. The zero-order valence-electron chi connectivity index (χ0n) is 13.0. The van der Waals surface area contributed by atoms with Crippen molar-refractivity contribution < 1.29 is 26.0 Å². The molecule has 1 unspecified atom stereocenters. The predicted octanol–water partition coefficient (Wildman–Crippen LogP) is 3.53. The third-order valence-electron chi connectivity index (χ3n) is 3.94. The number of primary sulfonamides is 1. The zero-order valence-corrected chi connectivity index (χ0v) is 13.9. The molecule has 136 valence electrons. The summed E-state index contributed by atoms with van der Waals surface area (Å²) in [5.74, 6) is -2.68. The summed E-state index contributed by atoms with van der Waals surface area (Å²) in [6.45, 7) is 0. The minimum atomic E-state index is -4.54. The Morgan fingerprint density at radius 1 is 1.00 bits per heavy atom. The third-order valence-corrected chi connectivity index (χ3v) is 4.87. The van der Waals surface area contributed by atoms with Crippen LogP contribution < -0.4 is 5.14 Å². The van der Waals surface area contributed by atoms with Gasteiger partial charge in [0.2, 0.25) is 16.0 Å². The molecule has 1 aliphatic carbocycles. The van der Waals surface area contributed by atoms with Crippen molar-refractivity contribution in [2.24, 2.45) is 11.1 Å². The molecule has 1 aliphatic rings. The van der Waals surface area contributed by atoms with E-state index in [-0.39, 0.29) is 21.6 Å². The molecule has 1 heterocycles. The molecule has 2 N–H and O–H groups in total. The highest BCUT2D eigenvalue weighted by Gasteiger charge is 2.43. The summed E-state index contributed by atoms with van der Waals surface area (Å²) in [6, 6.07) is 7.38. The Balaban J connectivity index is 2.15. The summed E-state index contributed by atoms with van der Waals surface area (Å²) >= 11 is 0. The second-order valence-electron chi connectivity index (χ2n) is 5.64. The Bertz CT molecular complexity index is 993. The maximum Gasteiger partial charge on any atom is 0.399 e. The molecule has 26 heavy (non-hydrogen) atoms. The molecule has 0 radical (unpaired) electrons. The summed E-state index contributed by atoms with van der Waals surface area (Å²) in [6.07, 6.45) is -1.19. The highest BCUT2D eigenvalue weighted by molar-refractivity contribution is 7.89. The van der Waals surface area contributed by atoms with Crippen molar-refractivity contribution in [3.05, 3.63) is 71.8 Å². The van der Waals surface area contributed by atoms with E-state index in [4.69, 9.17) is 5.14 Å². The van der Waals surface area contributed by atoms with Crippen LogP contribution in [0.1, 0.15) is 11.1 Å². The van der Waals surface area contributed by atoms with E-state index in [9.17, 15) is 26.0 Å². The van der Waals surface area contributed by atoms with Crippen LogP contribution in [-0.4, -0.2) is 19.6 Å². The molecule has 0 aliphatic heterocycles. The number of rotatable bonds is 3. The molecule has 0 bridgehead atoms. The molecule has 0 spiro atoms. The molecule has 0 fully saturated rings. The average Bonchev–Trinajstić information content (AvgIpc) is 3.00. The van der Waals surface area contributed by atoms with Crippen LogP contribution in [0.5, 0.6) is 0 Å². The van der Waals surface area contributed by atoms with Gasteiger partial charge in [-0.2, -0.15) is 17.6 Å². The Labute approximate surface area is 146 Å². The van der Waals surface area contributed by atoms with Crippen LogP contribution in [0, 0.1) is 11.9 Å². The van der Waals surface area contributed by atoms with Crippen molar-refractivity contribution in [2.45, 2.75) is 11.1 Å². The highest BCUT2D eigenvalue weighted by atomic mass is 32.2. The maximum absolute atomic E-state index is 13.4. The molecule has 9 heteroatoms. The molecule has 1 aromatic carbocycles. The number of hydrogen-bond acceptors (Lipinski definition) is 3. The van der Waals surface area contributed by atoms with Gasteiger partial charge in [-0.15, -0.1) is 0 Å². The van der Waals surface area contributed by atoms with Crippen molar-refractivity contribution >= 4 is 21.2 Å². The van der Waals surface area contributed by atoms with Gasteiger partial charge in [-0.25, -0.2) is 18.5 Å². The first-order chi connectivity index (χ1) is 12.1. The topological polar surface area (TPSA) is 73.1 Å². The lowest BCUT2D eigenvalue weighted by atomic mass is 9.91. The fraction of sp³-hybridized carbons (Fsp3) is 0.118. The summed E-state index contributed by atoms with van der Waals surface area (Å²) in [5.41, 5.74) is 0.680. The number of allylic oxidation sites excluding steroid dienone is 4. The number of halogens is 4. The van der Waals surface area contributed by atoms with Crippen LogP contribution in [0.15, 0.2) is 59.6 Å². The smallest absolute Gasteiger partial charge is 0.228 e. The summed E-state index contributed by atoms with van der Waals surface area (Å²) < 4.78 is 75.9. The van der Waals surface area contributed by atoms with Crippen molar-refractivity contribution in [1.82, 2.24) is 4.98 Å². The predicted molar refractivity (Wildman–Crippen MR) is 87.5 cm³/mol. The van der Waals surface area contributed by atoms with E-state index in [2.05, 4.69) is 4.98 Å². The Kier molecular flexibility index (Phi) is 4.45. The van der Waals surface area contributed by atoms with Gasteiger partial charge in [0.05, 0.1) is 10.8 Å². The van der Waals surface area contributed by atoms with E-state index in [1.807, 2.05) is 0 Å². The van der Waals surface area contributed by atoms with E-state index in [0.29, 0.717) is 5.56 Å². The molecular formula is C17H12F4N2O2S. The molecule has 2 aromatic rings. The quantitative estimate of drug-likeness (QED) is 0.650. The van der Waals surface area contributed by atoms with Crippen LogP contribution >= 0.6 is 0 Å². The minimum absolute atomic E-state index is 0.0756. The second-order valence-corrected chi connectivity index (χ2v) is 7.21. The number of nitrogens with zero attached hydrogens (tertiary/aromatic N) is 1. The van der Waals surface area contributed by atoms with Gasteiger partial charge < -0.3 is 0 Å². The Morgan fingerprint density at radius 3 is 2.12 bits per heavy atom. The van der Waals surface area contributed by atoms with Gasteiger partial charge >= 0.3 is 6.18 Å². The summed E-state index contributed by atoms with van der Waals surface area (Å²) in [4.78, 5) is 3.27. The Morgan fingerprint density at radius 2 is 1.62 bits per heavy atom. The number of aromatic nitrogens is 1. The molecule has 0 amide bonds. The Hall–Kier alpha value is -2.52. The summed E-state index contributed by atoms with van der Waals surface area (Å²) in [7, 11) is -3.91. The fourth-order valence-electron chi connectivity index (χ4n) is 2.76. The van der Waals surface area contributed by atoms with Crippen LogP contribution in [0.4, 0.5) is 17.6 Å². The van der Waals surface area contributed by atoms with E-state index >= 15 is 0 Å². The fourth-order valence-corrected chi connectivity index (χ4v) is 3.28. The van der Waals surface area contributed by atoms with Crippen LogP contribution in [0.3, 0.4) is 0 Å². The molecule has 1 atom stereocenters. The molecule has 0 saturated heterocycles. The molecular weight excluding hydrogens is 372 g/mol. The zero-order chi connectivity index (χ0) is 19.1. The molecule has 3 rings (SSSR count). The van der Waals surface area contributed by atoms with Gasteiger partial charge in [0.1, 0.15) is 0 Å². The summed E-state index contributed by atoms with van der Waals surface area (Å²) in [5, 5.41) is 5.03. The average molecular weight is 384 g/mol. The largest absolute Gasteiger partial charge is 0.399 e. The lowest BCUT2D eigenvalue weighted by Crippen LogP contribution is -2.21. The van der Waals surface area contributed by atoms with E-state index in [1.165, 1.54) is 36.4 Å². The number of sulfonamides is 1.